The average molecular weight is 365 g/mol. The summed E-state index contributed by atoms with van der Waals surface area (Å²) in [5.74, 6) is 1.49. The van der Waals surface area contributed by atoms with Crippen LogP contribution in [0.4, 0.5) is 0 Å². The summed E-state index contributed by atoms with van der Waals surface area (Å²) in [7, 11) is 6.39. The van der Waals surface area contributed by atoms with Gasteiger partial charge in [-0.3, -0.25) is 14.5 Å². The van der Waals surface area contributed by atoms with Crippen LogP contribution in [0.25, 0.3) is 0 Å². The normalized spacial score (nSPS) is 13.3. The Hall–Kier alpha value is -2.48. The van der Waals surface area contributed by atoms with Gasteiger partial charge in [-0.25, -0.2) is 0 Å². The Morgan fingerprint density at radius 3 is 2.15 bits per heavy atom. The van der Waals surface area contributed by atoms with Gasteiger partial charge in [-0.05, 0) is 26.0 Å². The van der Waals surface area contributed by atoms with E-state index >= 15 is 0 Å². The summed E-state index contributed by atoms with van der Waals surface area (Å²) in [5.41, 5.74) is 0.771. The molecule has 0 heterocycles. The van der Waals surface area contributed by atoms with E-state index in [2.05, 4.69) is 10.6 Å². The maximum Gasteiger partial charge on any atom is 0.234 e. The molecule has 0 spiro atoms. The molecular formula is C18H27N3O5. The molecular weight excluding hydrogens is 338 g/mol. The highest BCUT2D eigenvalue weighted by Crippen LogP contribution is 2.34. The van der Waals surface area contributed by atoms with E-state index in [9.17, 15) is 9.59 Å². The van der Waals surface area contributed by atoms with Gasteiger partial charge in [0.05, 0.1) is 34.4 Å². The van der Waals surface area contributed by atoms with E-state index in [0.717, 1.165) is 18.4 Å². The lowest BCUT2D eigenvalue weighted by Crippen LogP contribution is -2.41. The van der Waals surface area contributed by atoms with Crippen LogP contribution >= 0.6 is 0 Å². The van der Waals surface area contributed by atoms with Gasteiger partial charge in [-0.15, -0.1) is 0 Å². The van der Waals surface area contributed by atoms with Crippen molar-refractivity contribution in [3.8, 4) is 17.2 Å². The lowest BCUT2D eigenvalue weighted by Gasteiger charge is -2.17. The van der Waals surface area contributed by atoms with Gasteiger partial charge >= 0.3 is 0 Å². The molecule has 0 aliphatic heterocycles. The zero-order valence-corrected chi connectivity index (χ0v) is 15.8. The van der Waals surface area contributed by atoms with Gasteiger partial charge in [-0.2, -0.15) is 0 Å². The summed E-state index contributed by atoms with van der Waals surface area (Å²) in [6, 6.07) is 3.81. The van der Waals surface area contributed by atoms with Crippen LogP contribution in [0.15, 0.2) is 12.1 Å². The largest absolute Gasteiger partial charge is 0.496 e. The van der Waals surface area contributed by atoms with Crippen molar-refractivity contribution in [3.63, 3.8) is 0 Å². The van der Waals surface area contributed by atoms with Crippen molar-refractivity contribution in [1.82, 2.24) is 15.5 Å². The number of carbonyl (C=O) groups is 2. The van der Waals surface area contributed by atoms with Gasteiger partial charge in [0.2, 0.25) is 11.8 Å². The van der Waals surface area contributed by atoms with Gasteiger partial charge in [0, 0.05) is 24.2 Å². The summed E-state index contributed by atoms with van der Waals surface area (Å²) in [6.07, 6.45) is 2.09. The van der Waals surface area contributed by atoms with E-state index in [1.807, 2.05) is 0 Å². The van der Waals surface area contributed by atoms with Crippen molar-refractivity contribution in [3.05, 3.63) is 17.7 Å². The second kappa shape index (κ2) is 9.28. The number of benzene rings is 1. The Morgan fingerprint density at radius 1 is 1.00 bits per heavy atom. The fraction of sp³-hybridized carbons (Fsp3) is 0.556. The third kappa shape index (κ3) is 5.80. The maximum absolute atomic E-state index is 12.1. The topological polar surface area (TPSA) is 89.1 Å². The quantitative estimate of drug-likeness (QED) is 0.629. The van der Waals surface area contributed by atoms with Crippen LogP contribution < -0.4 is 24.8 Å². The number of likely N-dealkylation sites (N-methyl/N-ethyl adjacent to an activating group) is 1. The van der Waals surface area contributed by atoms with E-state index in [4.69, 9.17) is 14.2 Å². The third-order valence-corrected chi connectivity index (χ3v) is 4.03. The monoisotopic (exact) mass is 365 g/mol. The van der Waals surface area contributed by atoms with Gasteiger partial charge in [0.15, 0.2) is 11.5 Å². The first-order chi connectivity index (χ1) is 12.5. The van der Waals surface area contributed by atoms with E-state index in [1.54, 1.807) is 45.4 Å². The van der Waals surface area contributed by atoms with Crippen molar-refractivity contribution < 1.29 is 23.8 Å². The first kappa shape index (κ1) is 19.8. The highest BCUT2D eigenvalue weighted by molar-refractivity contribution is 5.81. The van der Waals surface area contributed by atoms with Crippen LogP contribution in [-0.2, 0) is 16.1 Å². The average Bonchev–Trinajstić information content (AvgIpc) is 3.42. The molecule has 2 N–H and O–H groups in total. The summed E-state index contributed by atoms with van der Waals surface area (Å²) >= 11 is 0. The molecule has 144 valence electrons. The van der Waals surface area contributed by atoms with E-state index in [0.29, 0.717) is 23.3 Å². The lowest BCUT2D eigenvalue weighted by atomic mass is 10.1. The molecule has 1 aromatic carbocycles. The fourth-order valence-electron chi connectivity index (χ4n) is 2.53. The molecule has 0 unspecified atom stereocenters. The third-order valence-electron chi connectivity index (χ3n) is 4.03. The summed E-state index contributed by atoms with van der Waals surface area (Å²) in [4.78, 5) is 25.6. The lowest BCUT2D eigenvalue weighted by molar-refractivity contribution is -0.124. The molecule has 1 aliphatic rings. The second-order valence-electron chi connectivity index (χ2n) is 6.31. The first-order valence-corrected chi connectivity index (χ1v) is 8.50. The molecule has 8 heteroatoms. The van der Waals surface area contributed by atoms with Gasteiger partial charge < -0.3 is 24.8 Å². The van der Waals surface area contributed by atoms with Crippen molar-refractivity contribution in [2.75, 3.05) is 41.5 Å². The second-order valence-corrected chi connectivity index (χ2v) is 6.31. The Balaban J connectivity index is 1.86. The molecule has 2 rings (SSSR count). The molecule has 0 bridgehead atoms. The summed E-state index contributed by atoms with van der Waals surface area (Å²) in [5, 5.41) is 5.73. The number of amides is 2. The molecule has 1 aliphatic carbocycles. The number of nitrogens with one attached hydrogen (secondary N) is 2. The van der Waals surface area contributed by atoms with E-state index in [-0.39, 0.29) is 31.4 Å². The molecule has 0 aromatic heterocycles. The summed E-state index contributed by atoms with van der Waals surface area (Å²) in [6.45, 7) is 0.613. The van der Waals surface area contributed by atoms with Crippen LogP contribution in [0.2, 0.25) is 0 Å². The van der Waals surface area contributed by atoms with Crippen LogP contribution in [0.5, 0.6) is 17.2 Å². The SMILES string of the molecule is COc1cc(OC)c(OC)cc1CNC(=O)CN(C)CC(=O)NC1CC1. The molecule has 26 heavy (non-hydrogen) atoms. The Labute approximate surface area is 153 Å². The van der Waals surface area contributed by atoms with Gasteiger partial charge in [-0.1, -0.05) is 0 Å². The standard InChI is InChI=1S/C18H27N3O5/c1-21(11-18(23)20-13-5-6-13)10-17(22)19-9-12-7-15(25-3)16(26-4)8-14(12)24-2/h7-8,13H,5-6,9-11H2,1-4H3,(H,19,22)(H,20,23). The van der Waals surface area contributed by atoms with Gasteiger partial charge in [0.25, 0.3) is 0 Å². The van der Waals surface area contributed by atoms with Crippen molar-refractivity contribution >= 4 is 11.8 Å². The Morgan fingerprint density at radius 2 is 1.58 bits per heavy atom. The van der Waals surface area contributed by atoms with Crippen LogP contribution in [0, 0.1) is 0 Å². The van der Waals surface area contributed by atoms with Crippen LogP contribution in [0.1, 0.15) is 18.4 Å². The number of carbonyl (C=O) groups excluding carboxylic acids is 2. The van der Waals surface area contributed by atoms with Crippen molar-refractivity contribution in [2.45, 2.75) is 25.4 Å². The minimum Gasteiger partial charge on any atom is -0.496 e. The fourth-order valence-corrected chi connectivity index (χ4v) is 2.53. The van der Waals surface area contributed by atoms with Crippen LogP contribution in [0.3, 0.4) is 0 Å². The van der Waals surface area contributed by atoms with Crippen LogP contribution in [-0.4, -0.2) is 64.2 Å². The maximum atomic E-state index is 12.1. The van der Waals surface area contributed by atoms with Gasteiger partial charge in [0.1, 0.15) is 5.75 Å². The zero-order chi connectivity index (χ0) is 19.1. The molecule has 0 saturated heterocycles. The highest BCUT2D eigenvalue weighted by atomic mass is 16.5. The molecule has 1 saturated carbocycles. The van der Waals surface area contributed by atoms with E-state index < -0.39 is 0 Å². The minimum atomic E-state index is -0.177. The molecule has 8 nitrogen and oxygen atoms in total. The summed E-state index contributed by atoms with van der Waals surface area (Å²) < 4.78 is 15.9. The number of hydrogen-bond donors (Lipinski definition) is 2. The molecule has 1 aromatic rings. The smallest absolute Gasteiger partial charge is 0.234 e. The number of nitrogens with zero attached hydrogens (tertiary/aromatic N) is 1. The van der Waals surface area contributed by atoms with Crippen molar-refractivity contribution in [1.29, 1.82) is 0 Å². The van der Waals surface area contributed by atoms with E-state index in [1.165, 1.54) is 0 Å². The number of rotatable bonds is 10. The number of methoxy groups -OCH3 is 3. The molecule has 2 amide bonds. The number of hydrogen-bond acceptors (Lipinski definition) is 6. The Kier molecular flexibility index (Phi) is 7.08. The predicted octanol–water partition coefficient (Wildman–Crippen LogP) is 0.539. The van der Waals surface area contributed by atoms with Crippen molar-refractivity contribution in [2.24, 2.45) is 0 Å². The molecule has 0 atom stereocenters. The molecule has 1 fully saturated rings. The molecule has 0 radical (unpaired) electrons. The predicted molar refractivity (Wildman–Crippen MR) is 96.6 cm³/mol. The highest BCUT2D eigenvalue weighted by Gasteiger charge is 2.23. The minimum absolute atomic E-state index is 0.0515. The Bertz CT molecular complexity index is 646. The number of ether oxygens (including phenoxy) is 3. The first-order valence-electron chi connectivity index (χ1n) is 8.50. The zero-order valence-electron chi connectivity index (χ0n) is 15.8.